The first-order valence-electron chi connectivity index (χ1n) is 11.7. The molecular formula is C28H26N4O4. The fraction of sp³-hybridized carbons (Fsp3) is 0.179. The van der Waals surface area contributed by atoms with Crippen LogP contribution in [0.3, 0.4) is 0 Å². The van der Waals surface area contributed by atoms with E-state index in [2.05, 4.69) is 15.7 Å². The van der Waals surface area contributed by atoms with Crippen molar-refractivity contribution in [3.8, 4) is 17.0 Å². The van der Waals surface area contributed by atoms with Crippen molar-refractivity contribution in [3.63, 3.8) is 0 Å². The van der Waals surface area contributed by atoms with Crippen LogP contribution < -0.4 is 15.5 Å². The molecule has 36 heavy (non-hydrogen) atoms. The third-order valence-corrected chi connectivity index (χ3v) is 6.57. The van der Waals surface area contributed by atoms with Crippen LogP contribution in [0.1, 0.15) is 24.5 Å². The van der Waals surface area contributed by atoms with Gasteiger partial charge in [0, 0.05) is 23.0 Å². The summed E-state index contributed by atoms with van der Waals surface area (Å²) in [6.45, 7) is 1.63. The number of aryl methyl sites for hydroxylation is 1. The molecule has 4 amide bonds. The lowest BCUT2D eigenvalue weighted by Gasteiger charge is -2.22. The zero-order valence-electron chi connectivity index (χ0n) is 20.0. The van der Waals surface area contributed by atoms with Gasteiger partial charge in [0.25, 0.3) is 5.91 Å². The first-order valence-corrected chi connectivity index (χ1v) is 11.7. The summed E-state index contributed by atoms with van der Waals surface area (Å²) < 4.78 is 5.27. The summed E-state index contributed by atoms with van der Waals surface area (Å²) in [5, 5.41) is 4.48. The van der Waals surface area contributed by atoms with Crippen LogP contribution in [0.4, 0.5) is 4.79 Å². The molecule has 182 valence electrons. The molecule has 5 rings (SSSR count). The number of amides is 4. The molecule has 1 aliphatic rings. The molecule has 1 unspecified atom stereocenters. The Labute approximate surface area is 208 Å². The third-order valence-electron chi connectivity index (χ3n) is 6.57. The van der Waals surface area contributed by atoms with Crippen molar-refractivity contribution < 1.29 is 19.1 Å². The van der Waals surface area contributed by atoms with Crippen molar-refractivity contribution in [2.24, 2.45) is 0 Å². The quantitative estimate of drug-likeness (QED) is 0.342. The number of imide groups is 1. The highest BCUT2D eigenvalue weighted by atomic mass is 16.5. The Hall–Kier alpha value is -4.59. The number of para-hydroxylation sites is 1. The molecule has 2 heterocycles. The number of carbonyl (C=O) groups excluding carboxylic acids is 3. The van der Waals surface area contributed by atoms with Crippen molar-refractivity contribution in [3.05, 3.63) is 90.0 Å². The van der Waals surface area contributed by atoms with Crippen molar-refractivity contribution in [1.29, 1.82) is 0 Å². The van der Waals surface area contributed by atoms with Crippen LogP contribution in [0.2, 0.25) is 0 Å². The molecule has 1 aliphatic heterocycles. The highest BCUT2D eigenvalue weighted by Crippen LogP contribution is 2.32. The molecule has 4 aromatic rings. The van der Waals surface area contributed by atoms with E-state index in [1.165, 1.54) is 0 Å². The van der Waals surface area contributed by atoms with E-state index in [-0.39, 0.29) is 6.42 Å². The number of aromatic amines is 1. The number of rotatable bonds is 7. The smallest absolute Gasteiger partial charge is 0.344 e. The Kier molecular flexibility index (Phi) is 5.93. The van der Waals surface area contributed by atoms with E-state index >= 15 is 0 Å². The minimum absolute atomic E-state index is 0.0874. The van der Waals surface area contributed by atoms with E-state index in [0.717, 1.165) is 38.5 Å². The number of aromatic nitrogens is 1. The Morgan fingerprint density at radius 3 is 2.39 bits per heavy atom. The normalized spacial score (nSPS) is 17.3. The second-order valence-corrected chi connectivity index (χ2v) is 8.85. The maximum Gasteiger partial charge on any atom is 0.344 e. The molecule has 1 saturated heterocycles. The number of nitrogens with one attached hydrogen (secondary N) is 3. The number of nitrogens with zero attached hydrogens (tertiary/aromatic N) is 1. The van der Waals surface area contributed by atoms with Crippen LogP contribution in [0.25, 0.3) is 22.2 Å². The maximum atomic E-state index is 13.1. The average molecular weight is 483 g/mol. The summed E-state index contributed by atoms with van der Waals surface area (Å²) in [5.41, 5.74) is 5.72. The first-order chi connectivity index (χ1) is 17.4. The number of hydrogen-bond acceptors (Lipinski definition) is 4. The second kappa shape index (κ2) is 9.22. The highest BCUT2D eigenvalue weighted by molar-refractivity contribution is 6.08. The number of fused-ring (bicyclic) bond motifs is 1. The summed E-state index contributed by atoms with van der Waals surface area (Å²) in [5.74, 6) is -0.202. The highest BCUT2D eigenvalue weighted by Gasteiger charge is 2.49. The Balaban J connectivity index is 1.34. The summed E-state index contributed by atoms with van der Waals surface area (Å²) >= 11 is 0. The van der Waals surface area contributed by atoms with Gasteiger partial charge in [0.15, 0.2) is 0 Å². The predicted octanol–water partition coefficient (Wildman–Crippen LogP) is 4.27. The fourth-order valence-electron chi connectivity index (χ4n) is 4.59. The molecule has 0 radical (unpaired) electrons. The summed E-state index contributed by atoms with van der Waals surface area (Å²) in [4.78, 5) is 42.0. The average Bonchev–Trinajstić information content (AvgIpc) is 3.38. The maximum absolute atomic E-state index is 13.1. The first kappa shape index (κ1) is 23.2. The fourth-order valence-corrected chi connectivity index (χ4v) is 4.59. The molecule has 1 atom stereocenters. The van der Waals surface area contributed by atoms with Gasteiger partial charge < -0.3 is 15.0 Å². The minimum atomic E-state index is -1.25. The zero-order valence-corrected chi connectivity index (χ0v) is 20.0. The molecule has 0 aliphatic carbocycles. The second-order valence-electron chi connectivity index (χ2n) is 8.85. The number of hydrogen-bond donors (Lipinski definition) is 3. The van der Waals surface area contributed by atoms with E-state index in [4.69, 9.17) is 4.74 Å². The van der Waals surface area contributed by atoms with E-state index in [1.807, 2.05) is 54.6 Å². The lowest BCUT2D eigenvalue weighted by Crippen LogP contribution is -2.48. The number of urea groups is 1. The van der Waals surface area contributed by atoms with Crippen molar-refractivity contribution in [2.75, 3.05) is 7.11 Å². The molecule has 0 saturated carbocycles. The predicted molar refractivity (Wildman–Crippen MR) is 136 cm³/mol. The Morgan fingerprint density at radius 1 is 0.972 bits per heavy atom. The molecule has 8 nitrogen and oxygen atoms in total. The van der Waals surface area contributed by atoms with Crippen molar-refractivity contribution in [2.45, 2.75) is 25.3 Å². The standard InChI is InChI=1S/C28H26N4O4/c1-28(19-8-4-3-5-9-19)26(34)32(27(35)30-28)31-24(33)17-16-22-21-10-6-7-11-23(21)29-25(22)18-12-14-20(36-2)15-13-18/h3-15,29H,16-17H2,1-2H3,(H,30,35)(H,31,33). The molecule has 3 N–H and O–H groups in total. The van der Waals surface area contributed by atoms with Crippen molar-refractivity contribution >= 4 is 28.7 Å². The number of carbonyl (C=O) groups is 3. The van der Waals surface area contributed by atoms with Crippen LogP contribution in [-0.4, -0.2) is 34.9 Å². The van der Waals surface area contributed by atoms with E-state index in [1.54, 1.807) is 38.3 Å². The lowest BCUT2D eigenvalue weighted by molar-refractivity contribution is -0.138. The Bertz CT molecular complexity index is 1450. The summed E-state index contributed by atoms with van der Waals surface area (Å²) in [7, 11) is 1.62. The van der Waals surface area contributed by atoms with E-state index in [9.17, 15) is 14.4 Å². The van der Waals surface area contributed by atoms with Crippen LogP contribution in [0.15, 0.2) is 78.9 Å². The Morgan fingerprint density at radius 2 is 1.67 bits per heavy atom. The molecule has 1 aromatic heterocycles. The molecule has 1 fully saturated rings. The molecule has 0 spiro atoms. The number of hydrazine groups is 1. The van der Waals surface area contributed by atoms with E-state index in [0.29, 0.717) is 12.0 Å². The number of H-pyrrole nitrogens is 1. The molecule has 8 heteroatoms. The van der Waals surface area contributed by atoms with Gasteiger partial charge in [0.2, 0.25) is 5.91 Å². The van der Waals surface area contributed by atoms with Gasteiger partial charge in [0.1, 0.15) is 11.3 Å². The molecule has 0 bridgehead atoms. The monoisotopic (exact) mass is 482 g/mol. The van der Waals surface area contributed by atoms with Gasteiger partial charge in [-0.2, -0.15) is 5.01 Å². The number of methoxy groups -OCH3 is 1. The zero-order chi connectivity index (χ0) is 25.3. The topological polar surface area (TPSA) is 104 Å². The van der Waals surface area contributed by atoms with Gasteiger partial charge >= 0.3 is 6.03 Å². The number of benzene rings is 3. The summed E-state index contributed by atoms with van der Waals surface area (Å²) in [6, 6.07) is 23.9. The minimum Gasteiger partial charge on any atom is -0.497 e. The van der Waals surface area contributed by atoms with Crippen LogP contribution >= 0.6 is 0 Å². The molecule has 3 aromatic carbocycles. The van der Waals surface area contributed by atoms with Crippen LogP contribution in [-0.2, 0) is 21.5 Å². The van der Waals surface area contributed by atoms with Crippen LogP contribution in [0, 0.1) is 0 Å². The van der Waals surface area contributed by atoms with E-state index < -0.39 is 23.4 Å². The SMILES string of the molecule is COc1ccc(-c2[nH]c3ccccc3c2CCC(=O)NN2C(=O)NC(C)(c3ccccc3)C2=O)cc1. The summed E-state index contributed by atoms with van der Waals surface area (Å²) in [6.07, 6.45) is 0.501. The van der Waals surface area contributed by atoms with Gasteiger partial charge in [-0.15, -0.1) is 0 Å². The van der Waals surface area contributed by atoms with Gasteiger partial charge in [0.05, 0.1) is 7.11 Å². The van der Waals surface area contributed by atoms with Gasteiger partial charge in [-0.1, -0.05) is 48.5 Å². The van der Waals surface area contributed by atoms with Crippen molar-refractivity contribution in [1.82, 2.24) is 20.7 Å². The number of ether oxygens (including phenoxy) is 1. The van der Waals surface area contributed by atoms with Crippen LogP contribution in [0.5, 0.6) is 5.75 Å². The van der Waals surface area contributed by atoms with Gasteiger partial charge in [-0.05, 0) is 60.4 Å². The third kappa shape index (κ3) is 4.07. The molecular weight excluding hydrogens is 456 g/mol. The van der Waals surface area contributed by atoms with Gasteiger partial charge in [-0.3, -0.25) is 15.0 Å². The lowest BCUT2D eigenvalue weighted by atomic mass is 9.92. The van der Waals surface area contributed by atoms with Gasteiger partial charge in [-0.25, -0.2) is 4.79 Å². The largest absolute Gasteiger partial charge is 0.497 e.